The van der Waals surface area contributed by atoms with E-state index in [0.29, 0.717) is 15.7 Å². The lowest BCUT2D eigenvalue weighted by atomic mass is 10.1. The Labute approximate surface area is 148 Å². The molecular formula is C12H13I2NO4S. The predicted octanol–water partition coefficient (Wildman–Crippen LogP) is 2.54. The molecule has 20 heavy (non-hydrogen) atoms. The summed E-state index contributed by atoms with van der Waals surface area (Å²) in [5, 5.41) is 21.4. The highest BCUT2D eigenvalue weighted by atomic mass is 127. The van der Waals surface area contributed by atoms with Gasteiger partial charge >= 0.3 is 5.97 Å². The Hall–Kier alpha value is -0.230. The molecule has 1 amide bonds. The number of aliphatic carboxylic acids is 1. The Bertz CT molecular complexity index is 524. The molecule has 1 rings (SSSR count). The van der Waals surface area contributed by atoms with Crippen molar-refractivity contribution >= 4 is 68.8 Å². The number of carboxylic acids is 1. The van der Waals surface area contributed by atoms with Crippen LogP contribution in [0, 0.1) is 7.14 Å². The second-order valence-corrected chi connectivity index (χ2v) is 7.32. The van der Waals surface area contributed by atoms with Crippen molar-refractivity contribution in [3.8, 4) is 5.75 Å². The van der Waals surface area contributed by atoms with Crippen LogP contribution in [0.4, 0.5) is 0 Å². The topological polar surface area (TPSA) is 86.6 Å². The van der Waals surface area contributed by atoms with Gasteiger partial charge in [-0.1, -0.05) is 0 Å². The average molecular weight is 521 g/mol. The summed E-state index contributed by atoms with van der Waals surface area (Å²) in [6.45, 7) is 0. The molecule has 3 N–H and O–H groups in total. The van der Waals surface area contributed by atoms with Gasteiger partial charge in [-0.05, 0) is 75.7 Å². The number of aromatic hydroxyl groups is 1. The molecule has 0 aliphatic rings. The molecule has 1 atom stereocenters. The monoisotopic (exact) mass is 521 g/mol. The van der Waals surface area contributed by atoms with E-state index in [4.69, 9.17) is 5.11 Å². The first-order valence-corrected chi connectivity index (χ1v) is 9.12. The van der Waals surface area contributed by atoms with Crippen molar-refractivity contribution in [2.45, 2.75) is 12.5 Å². The molecule has 0 aromatic heterocycles. The first kappa shape index (κ1) is 17.8. The zero-order valence-electron chi connectivity index (χ0n) is 10.5. The van der Waals surface area contributed by atoms with Gasteiger partial charge in [-0.25, -0.2) is 4.79 Å². The van der Waals surface area contributed by atoms with Gasteiger partial charge in [0, 0.05) is 3.57 Å². The molecule has 1 aromatic carbocycles. The highest BCUT2D eigenvalue weighted by Crippen LogP contribution is 2.27. The van der Waals surface area contributed by atoms with Crippen molar-refractivity contribution in [2.75, 3.05) is 12.0 Å². The maximum atomic E-state index is 12.1. The van der Waals surface area contributed by atoms with E-state index in [2.05, 4.69) is 5.32 Å². The van der Waals surface area contributed by atoms with Crippen molar-refractivity contribution in [1.82, 2.24) is 5.32 Å². The van der Waals surface area contributed by atoms with Crippen LogP contribution in [0.1, 0.15) is 16.8 Å². The number of hydrogen-bond donors (Lipinski definition) is 3. The smallest absolute Gasteiger partial charge is 0.326 e. The van der Waals surface area contributed by atoms with Crippen LogP contribution < -0.4 is 5.32 Å². The maximum Gasteiger partial charge on any atom is 0.326 e. The lowest BCUT2D eigenvalue weighted by Gasteiger charge is -2.15. The fraction of sp³-hybridized carbons (Fsp3) is 0.333. The van der Waals surface area contributed by atoms with E-state index >= 15 is 0 Å². The van der Waals surface area contributed by atoms with E-state index in [1.54, 1.807) is 6.07 Å². The molecular weight excluding hydrogens is 508 g/mol. The summed E-state index contributed by atoms with van der Waals surface area (Å²) in [6.07, 6.45) is 2.21. The van der Waals surface area contributed by atoms with E-state index in [9.17, 15) is 14.7 Å². The van der Waals surface area contributed by atoms with Crippen molar-refractivity contribution < 1.29 is 19.8 Å². The van der Waals surface area contributed by atoms with Gasteiger partial charge in [-0.2, -0.15) is 11.8 Å². The molecule has 0 spiro atoms. The first-order valence-electron chi connectivity index (χ1n) is 5.57. The molecule has 1 aromatic rings. The number of amides is 1. The number of phenolic OH excluding ortho intramolecular Hbond substituents is 1. The minimum absolute atomic E-state index is 0.0942. The number of carbonyl (C=O) groups is 2. The maximum absolute atomic E-state index is 12.1. The number of rotatable bonds is 6. The van der Waals surface area contributed by atoms with Gasteiger partial charge in [0.1, 0.15) is 11.8 Å². The predicted molar refractivity (Wildman–Crippen MR) is 95.4 cm³/mol. The number of hydrogen-bond acceptors (Lipinski definition) is 4. The summed E-state index contributed by atoms with van der Waals surface area (Å²) in [4.78, 5) is 23.2. The lowest BCUT2D eigenvalue weighted by Crippen LogP contribution is -2.41. The van der Waals surface area contributed by atoms with Crippen LogP contribution in [0.3, 0.4) is 0 Å². The zero-order valence-corrected chi connectivity index (χ0v) is 15.7. The van der Waals surface area contributed by atoms with E-state index < -0.39 is 17.9 Å². The average Bonchev–Trinajstić information content (AvgIpc) is 2.38. The minimum atomic E-state index is -1.08. The Morgan fingerprint density at radius 2 is 2.05 bits per heavy atom. The molecule has 0 saturated carbocycles. The highest BCUT2D eigenvalue weighted by molar-refractivity contribution is 14.1. The summed E-state index contributed by atoms with van der Waals surface area (Å²) in [5.41, 5.74) is 0.0942. The van der Waals surface area contributed by atoms with Gasteiger partial charge in [-0.3, -0.25) is 4.79 Å². The van der Waals surface area contributed by atoms with Crippen molar-refractivity contribution in [2.24, 2.45) is 0 Å². The molecule has 0 saturated heterocycles. The summed E-state index contributed by atoms with van der Waals surface area (Å²) in [5.74, 6) is -1.15. The fourth-order valence-electron chi connectivity index (χ4n) is 1.47. The quantitative estimate of drug-likeness (QED) is 0.502. The number of carboxylic acid groups (broad SMARTS) is 1. The number of benzene rings is 1. The van der Waals surface area contributed by atoms with Crippen molar-refractivity contribution in [3.05, 3.63) is 24.8 Å². The molecule has 5 nitrogen and oxygen atoms in total. The third-order valence-corrected chi connectivity index (χ3v) is 4.58. The molecule has 110 valence electrons. The first-order chi connectivity index (χ1) is 9.36. The molecule has 0 aliphatic heterocycles. The third-order valence-electron chi connectivity index (χ3n) is 2.49. The van der Waals surface area contributed by atoms with Gasteiger partial charge in [0.05, 0.1) is 9.13 Å². The summed E-state index contributed by atoms with van der Waals surface area (Å²) in [6, 6.07) is 2.31. The van der Waals surface area contributed by atoms with E-state index in [-0.39, 0.29) is 11.3 Å². The standard InChI is InChI=1S/C12H13I2NO4S/c1-20-3-2-9(12(18)19)15-11(17)7-4-6(13)5-8(14)10(7)16/h4-5,9,16H,2-3H2,1H3,(H,15,17)(H,18,19)/t9-/m0/s1. The van der Waals surface area contributed by atoms with Gasteiger partial charge in [0.2, 0.25) is 0 Å². The summed E-state index contributed by atoms with van der Waals surface area (Å²) in [7, 11) is 0. The van der Waals surface area contributed by atoms with Crippen LogP contribution in [0.15, 0.2) is 12.1 Å². The Kier molecular flexibility index (Phi) is 7.37. The van der Waals surface area contributed by atoms with Crippen LogP contribution in [0.5, 0.6) is 5.75 Å². The number of carbonyl (C=O) groups excluding carboxylic acids is 1. The van der Waals surface area contributed by atoms with Gasteiger partial charge < -0.3 is 15.5 Å². The molecule has 0 bridgehead atoms. The molecule has 0 fully saturated rings. The second kappa shape index (κ2) is 8.27. The number of phenols is 1. The summed E-state index contributed by atoms with van der Waals surface area (Å²) < 4.78 is 1.35. The highest BCUT2D eigenvalue weighted by Gasteiger charge is 2.22. The zero-order chi connectivity index (χ0) is 15.3. The van der Waals surface area contributed by atoms with Crippen molar-refractivity contribution in [1.29, 1.82) is 0 Å². The normalized spacial score (nSPS) is 11.9. The van der Waals surface area contributed by atoms with E-state index in [1.807, 2.05) is 51.4 Å². The van der Waals surface area contributed by atoms with Crippen LogP contribution in [-0.2, 0) is 4.79 Å². The van der Waals surface area contributed by atoms with Crippen LogP contribution >= 0.6 is 56.9 Å². The van der Waals surface area contributed by atoms with E-state index in [1.165, 1.54) is 17.8 Å². The molecule has 8 heteroatoms. The van der Waals surface area contributed by atoms with Crippen LogP contribution in [0.25, 0.3) is 0 Å². The van der Waals surface area contributed by atoms with Crippen LogP contribution in [0.2, 0.25) is 0 Å². The third kappa shape index (κ3) is 4.95. The van der Waals surface area contributed by atoms with Crippen molar-refractivity contribution in [3.63, 3.8) is 0 Å². The Balaban J connectivity index is 2.92. The minimum Gasteiger partial charge on any atom is -0.506 e. The second-order valence-electron chi connectivity index (χ2n) is 3.93. The fourth-order valence-corrected chi connectivity index (χ4v) is 3.78. The molecule has 0 aliphatic carbocycles. The van der Waals surface area contributed by atoms with Gasteiger partial charge in [0.15, 0.2) is 0 Å². The van der Waals surface area contributed by atoms with Crippen LogP contribution in [-0.4, -0.2) is 40.1 Å². The lowest BCUT2D eigenvalue weighted by molar-refractivity contribution is -0.139. The van der Waals surface area contributed by atoms with Gasteiger partial charge in [-0.15, -0.1) is 0 Å². The SMILES string of the molecule is CSCC[C@H](NC(=O)c1cc(I)cc(I)c1O)C(=O)O. The Morgan fingerprint density at radius 3 is 2.60 bits per heavy atom. The largest absolute Gasteiger partial charge is 0.506 e. The Morgan fingerprint density at radius 1 is 1.40 bits per heavy atom. The van der Waals surface area contributed by atoms with Gasteiger partial charge in [0.25, 0.3) is 5.91 Å². The van der Waals surface area contributed by atoms with E-state index in [0.717, 1.165) is 3.57 Å². The molecule has 0 heterocycles. The number of halogens is 2. The molecule has 0 radical (unpaired) electrons. The number of nitrogens with one attached hydrogen (secondary N) is 1. The molecule has 0 unspecified atom stereocenters. The number of thioether (sulfide) groups is 1. The summed E-state index contributed by atoms with van der Waals surface area (Å²) >= 11 is 5.47.